The highest BCUT2D eigenvalue weighted by atomic mass is 16.2. The number of nitrogens with two attached hydrogens (primary N) is 1. The first-order valence-corrected chi connectivity index (χ1v) is 11.4. The number of allylic oxidation sites excluding steroid dienone is 1. The Morgan fingerprint density at radius 3 is 2.75 bits per heavy atom. The summed E-state index contributed by atoms with van der Waals surface area (Å²) < 4.78 is 2.31. The summed E-state index contributed by atoms with van der Waals surface area (Å²) >= 11 is 0. The molecule has 32 heavy (non-hydrogen) atoms. The first kappa shape index (κ1) is 21.9. The molecule has 2 unspecified atom stereocenters. The molecular weight excluding hydrogens is 396 g/mol. The number of fused-ring (bicyclic) bond motifs is 1. The number of carbonyl (C=O) groups excluding carboxylic acids is 1. The lowest BCUT2D eigenvalue weighted by atomic mass is 10.0. The van der Waals surface area contributed by atoms with Crippen molar-refractivity contribution in [3.63, 3.8) is 0 Å². The van der Waals surface area contributed by atoms with Gasteiger partial charge in [0.2, 0.25) is 5.91 Å². The quantitative estimate of drug-likeness (QED) is 0.503. The van der Waals surface area contributed by atoms with Gasteiger partial charge in [0.1, 0.15) is 0 Å². The first-order valence-electron chi connectivity index (χ1n) is 11.4. The molecule has 166 valence electrons. The normalized spacial score (nSPS) is 18.7. The summed E-state index contributed by atoms with van der Waals surface area (Å²) in [6.45, 7) is 0.911. The minimum Gasteiger partial charge on any atom is -0.404 e. The largest absolute Gasteiger partial charge is 0.404 e. The van der Waals surface area contributed by atoms with Crippen LogP contribution in [0.3, 0.4) is 0 Å². The third-order valence-electron chi connectivity index (χ3n) is 6.85. The van der Waals surface area contributed by atoms with Crippen LogP contribution in [0.15, 0.2) is 67.0 Å². The van der Waals surface area contributed by atoms with Gasteiger partial charge in [0, 0.05) is 61.1 Å². The summed E-state index contributed by atoms with van der Waals surface area (Å²) in [5.74, 6) is 0.692. The van der Waals surface area contributed by atoms with E-state index in [0.717, 1.165) is 36.8 Å². The molecule has 2 atom stereocenters. The molecule has 5 heteroatoms. The topological polar surface area (TPSA) is 75.1 Å². The Hall–Kier alpha value is -3.34. The monoisotopic (exact) mass is 428 g/mol. The molecule has 5 nitrogen and oxygen atoms in total. The minimum atomic E-state index is 0.237. The molecule has 1 saturated carbocycles. The van der Waals surface area contributed by atoms with Gasteiger partial charge in [0.05, 0.1) is 0 Å². The van der Waals surface area contributed by atoms with Crippen molar-refractivity contribution in [2.24, 2.45) is 11.7 Å². The number of benzene rings is 2. The van der Waals surface area contributed by atoms with Gasteiger partial charge in [-0.2, -0.15) is 0 Å². The molecule has 4 rings (SSSR count). The van der Waals surface area contributed by atoms with Gasteiger partial charge in [-0.15, -0.1) is 0 Å². The number of carbonyl (C=O) groups is 1. The Kier molecular flexibility index (Phi) is 6.74. The van der Waals surface area contributed by atoms with Crippen molar-refractivity contribution >= 4 is 28.6 Å². The van der Waals surface area contributed by atoms with Crippen molar-refractivity contribution in [3.8, 4) is 0 Å². The zero-order valence-electron chi connectivity index (χ0n) is 18.7. The van der Waals surface area contributed by atoms with Crippen LogP contribution in [0, 0.1) is 11.3 Å². The molecular formula is C27H32N4O. The van der Waals surface area contributed by atoms with Crippen LogP contribution in [-0.4, -0.2) is 34.7 Å². The summed E-state index contributed by atoms with van der Waals surface area (Å²) in [6, 6.07) is 18.9. The van der Waals surface area contributed by atoms with Crippen LogP contribution in [0.5, 0.6) is 0 Å². The third kappa shape index (κ3) is 4.62. The number of amides is 1. The second-order valence-corrected chi connectivity index (χ2v) is 8.76. The van der Waals surface area contributed by atoms with E-state index in [1.54, 1.807) is 0 Å². The van der Waals surface area contributed by atoms with Gasteiger partial charge in [-0.3, -0.25) is 4.79 Å². The van der Waals surface area contributed by atoms with Gasteiger partial charge >= 0.3 is 0 Å². The molecule has 0 aliphatic heterocycles. The second kappa shape index (κ2) is 9.86. The standard InChI is InChI=1S/C27H32N4O/c1-30(27(32)13-10-20-6-3-2-4-7-20)25-9-5-8-23(25)19-31-15-14-22-16-21(11-12-26(22)31)24(17-28)18-29/h2-4,6-7,11-12,14-18,23,25,28H,5,8-10,13,19,29H2,1H3/b24-18+,28-17?. The molecule has 1 aliphatic rings. The summed E-state index contributed by atoms with van der Waals surface area (Å²) in [6.07, 6.45) is 9.63. The molecule has 0 radical (unpaired) electrons. The molecule has 1 heterocycles. The highest BCUT2D eigenvalue weighted by molar-refractivity contribution is 6.09. The zero-order valence-corrected chi connectivity index (χ0v) is 18.7. The maximum Gasteiger partial charge on any atom is 0.222 e. The van der Waals surface area contributed by atoms with Crippen LogP contribution in [-0.2, 0) is 17.8 Å². The van der Waals surface area contributed by atoms with Gasteiger partial charge in [0.25, 0.3) is 0 Å². The smallest absolute Gasteiger partial charge is 0.222 e. The summed E-state index contributed by atoms with van der Waals surface area (Å²) in [7, 11) is 1.98. The first-order chi connectivity index (χ1) is 15.6. The van der Waals surface area contributed by atoms with E-state index >= 15 is 0 Å². The average Bonchev–Trinajstić information content (AvgIpc) is 3.45. The molecule has 3 N–H and O–H groups in total. The lowest BCUT2D eigenvalue weighted by molar-refractivity contribution is -0.132. The Morgan fingerprint density at radius 2 is 2.00 bits per heavy atom. The van der Waals surface area contributed by atoms with Gasteiger partial charge < -0.3 is 20.6 Å². The van der Waals surface area contributed by atoms with Crippen LogP contribution in [0.2, 0.25) is 0 Å². The molecule has 0 saturated heterocycles. The predicted molar refractivity (Wildman–Crippen MR) is 132 cm³/mol. The van der Waals surface area contributed by atoms with E-state index in [0.29, 0.717) is 24.0 Å². The molecule has 1 aliphatic carbocycles. The van der Waals surface area contributed by atoms with Crippen molar-refractivity contribution in [2.45, 2.75) is 44.7 Å². The van der Waals surface area contributed by atoms with Gasteiger partial charge in [-0.25, -0.2) is 0 Å². The van der Waals surface area contributed by atoms with Crippen LogP contribution in [0.4, 0.5) is 0 Å². The zero-order chi connectivity index (χ0) is 22.5. The average molecular weight is 429 g/mol. The molecule has 0 spiro atoms. The number of aromatic nitrogens is 1. The van der Waals surface area contributed by atoms with Crippen LogP contribution < -0.4 is 5.73 Å². The van der Waals surface area contributed by atoms with Crippen molar-refractivity contribution in [3.05, 3.63) is 78.1 Å². The lowest BCUT2D eigenvalue weighted by Crippen LogP contribution is -2.40. The number of hydrogen-bond donors (Lipinski definition) is 2. The van der Waals surface area contributed by atoms with E-state index in [2.05, 4.69) is 41.1 Å². The molecule has 0 bridgehead atoms. The summed E-state index contributed by atoms with van der Waals surface area (Å²) in [4.78, 5) is 14.9. The van der Waals surface area contributed by atoms with Crippen molar-refractivity contribution in [1.82, 2.24) is 9.47 Å². The van der Waals surface area contributed by atoms with E-state index in [4.69, 9.17) is 11.1 Å². The molecule has 1 amide bonds. The van der Waals surface area contributed by atoms with Gasteiger partial charge in [0.15, 0.2) is 0 Å². The molecule has 1 aromatic heterocycles. The number of rotatable bonds is 8. The molecule has 2 aromatic carbocycles. The van der Waals surface area contributed by atoms with Crippen LogP contribution in [0.25, 0.3) is 16.5 Å². The van der Waals surface area contributed by atoms with E-state index < -0.39 is 0 Å². The van der Waals surface area contributed by atoms with E-state index in [9.17, 15) is 4.79 Å². The number of nitrogens with one attached hydrogen (secondary N) is 1. The number of hydrogen-bond acceptors (Lipinski definition) is 3. The number of aryl methyl sites for hydroxylation is 1. The van der Waals surface area contributed by atoms with Gasteiger partial charge in [-0.1, -0.05) is 42.8 Å². The van der Waals surface area contributed by atoms with Crippen LogP contribution >= 0.6 is 0 Å². The fourth-order valence-electron chi connectivity index (χ4n) is 5.02. The fourth-order valence-corrected chi connectivity index (χ4v) is 5.02. The van der Waals surface area contributed by atoms with Gasteiger partial charge in [-0.05, 0) is 54.5 Å². The number of nitrogens with zero attached hydrogens (tertiary/aromatic N) is 2. The minimum absolute atomic E-state index is 0.237. The van der Waals surface area contributed by atoms with E-state index in [1.165, 1.54) is 29.9 Å². The highest BCUT2D eigenvalue weighted by Gasteiger charge is 2.32. The fraction of sp³-hybridized carbons (Fsp3) is 0.333. The summed E-state index contributed by atoms with van der Waals surface area (Å²) in [5, 5.41) is 8.67. The molecule has 1 fully saturated rings. The second-order valence-electron chi connectivity index (χ2n) is 8.76. The lowest BCUT2D eigenvalue weighted by Gasteiger charge is -2.30. The maximum absolute atomic E-state index is 12.9. The third-order valence-corrected chi connectivity index (χ3v) is 6.85. The maximum atomic E-state index is 12.9. The predicted octanol–water partition coefficient (Wildman–Crippen LogP) is 4.85. The SMILES string of the molecule is CN(C(=O)CCc1ccccc1)C1CCCC1Cn1ccc2cc(/C(C=N)=C/N)ccc21. The highest BCUT2D eigenvalue weighted by Crippen LogP contribution is 2.32. The van der Waals surface area contributed by atoms with Crippen molar-refractivity contribution < 1.29 is 4.79 Å². The van der Waals surface area contributed by atoms with Crippen molar-refractivity contribution in [1.29, 1.82) is 5.41 Å². The Labute approximate surface area is 190 Å². The Bertz CT molecular complexity index is 1120. The van der Waals surface area contributed by atoms with E-state index in [1.807, 2.05) is 36.2 Å². The Morgan fingerprint density at radius 1 is 1.19 bits per heavy atom. The van der Waals surface area contributed by atoms with Crippen molar-refractivity contribution in [2.75, 3.05) is 7.05 Å². The Balaban J connectivity index is 1.44. The summed E-state index contributed by atoms with van der Waals surface area (Å²) in [5.41, 5.74) is 9.71. The van der Waals surface area contributed by atoms with E-state index in [-0.39, 0.29) is 5.91 Å². The molecule has 3 aromatic rings. The van der Waals surface area contributed by atoms with Crippen LogP contribution in [0.1, 0.15) is 36.8 Å².